The molecular formula is C24H33NO5. The van der Waals surface area contributed by atoms with Crippen LogP contribution >= 0.6 is 0 Å². The van der Waals surface area contributed by atoms with E-state index in [-0.39, 0.29) is 12.7 Å². The highest BCUT2D eigenvalue weighted by Gasteiger charge is 2.31. The number of carbonyl (C=O) groups excluding carboxylic acids is 1. The Morgan fingerprint density at radius 2 is 1.73 bits per heavy atom. The number of hydrogen-bond acceptors (Lipinski definition) is 6. The summed E-state index contributed by atoms with van der Waals surface area (Å²) in [6.45, 7) is 6.24. The van der Waals surface area contributed by atoms with Gasteiger partial charge in [0.05, 0.1) is 31.4 Å². The smallest absolute Gasteiger partial charge is 0.338 e. The fraction of sp³-hybridized carbons (Fsp3) is 0.458. The minimum absolute atomic E-state index is 0.0370. The van der Waals surface area contributed by atoms with Gasteiger partial charge >= 0.3 is 5.97 Å². The second-order valence-electron chi connectivity index (χ2n) is 7.17. The second-order valence-corrected chi connectivity index (χ2v) is 7.17. The molecule has 6 heteroatoms. The maximum absolute atomic E-state index is 12.9. The highest BCUT2D eigenvalue weighted by atomic mass is 16.5. The van der Waals surface area contributed by atoms with E-state index in [0.29, 0.717) is 22.8 Å². The van der Waals surface area contributed by atoms with Crippen molar-refractivity contribution >= 4 is 5.97 Å². The lowest BCUT2D eigenvalue weighted by Crippen LogP contribution is -2.44. The van der Waals surface area contributed by atoms with Crippen LogP contribution in [0.25, 0.3) is 0 Å². The molecule has 164 valence electrons. The van der Waals surface area contributed by atoms with E-state index < -0.39 is 11.5 Å². The van der Waals surface area contributed by atoms with Gasteiger partial charge in [0.15, 0.2) is 11.5 Å². The average Bonchev–Trinajstić information content (AvgIpc) is 2.79. The van der Waals surface area contributed by atoms with Gasteiger partial charge in [0, 0.05) is 0 Å². The van der Waals surface area contributed by atoms with Gasteiger partial charge in [-0.1, -0.05) is 44.2 Å². The molecule has 0 bridgehead atoms. The molecule has 2 atom stereocenters. The molecule has 2 aromatic carbocycles. The summed E-state index contributed by atoms with van der Waals surface area (Å²) < 4.78 is 22.5. The quantitative estimate of drug-likeness (QED) is 0.543. The van der Waals surface area contributed by atoms with Crippen LogP contribution in [0.2, 0.25) is 0 Å². The zero-order valence-corrected chi connectivity index (χ0v) is 18.8. The molecule has 2 rings (SSSR count). The molecule has 1 N–H and O–H groups in total. The first-order chi connectivity index (χ1) is 14.4. The van der Waals surface area contributed by atoms with Crippen LogP contribution in [-0.4, -0.2) is 39.9 Å². The summed E-state index contributed by atoms with van der Waals surface area (Å²) in [6, 6.07) is 13.2. The Kier molecular flexibility index (Phi) is 8.54. The van der Waals surface area contributed by atoms with Crippen LogP contribution in [0.5, 0.6) is 17.2 Å². The normalized spacial score (nSPS) is 13.8. The lowest BCUT2D eigenvalue weighted by atomic mass is 9.88. The molecule has 0 aliphatic rings. The number of benzene rings is 2. The minimum Gasteiger partial charge on any atom is -0.493 e. The van der Waals surface area contributed by atoms with Crippen molar-refractivity contribution in [2.24, 2.45) is 0 Å². The summed E-state index contributed by atoms with van der Waals surface area (Å²) in [5.74, 6) is 0.881. The summed E-state index contributed by atoms with van der Waals surface area (Å²) in [5.41, 5.74) is 0.944. The van der Waals surface area contributed by atoms with E-state index in [1.54, 1.807) is 19.2 Å². The number of carbonyl (C=O) groups is 1. The molecule has 6 nitrogen and oxygen atoms in total. The maximum Gasteiger partial charge on any atom is 0.338 e. The zero-order chi connectivity index (χ0) is 22.1. The van der Waals surface area contributed by atoms with Gasteiger partial charge in [-0.2, -0.15) is 0 Å². The lowest BCUT2D eigenvalue weighted by molar-refractivity contribution is 0.0359. The SMILES string of the molecule is CCC(C)Oc1cc(C(=O)OCC(CC)(NC)c2ccccc2)cc(OC)c1OC. The van der Waals surface area contributed by atoms with E-state index in [4.69, 9.17) is 18.9 Å². The number of rotatable bonds is 11. The fourth-order valence-corrected chi connectivity index (χ4v) is 3.25. The van der Waals surface area contributed by atoms with E-state index in [1.165, 1.54) is 7.11 Å². The summed E-state index contributed by atoms with van der Waals surface area (Å²) in [5, 5.41) is 3.33. The molecule has 30 heavy (non-hydrogen) atoms. The van der Waals surface area contributed by atoms with Gasteiger partial charge in [0.1, 0.15) is 6.61 Å². The van der Waals surface area contributed by atoms with E-state index in [0.717, 1.165) is 18.4 Å². The molecule has 0 amide bonds. The first-order valence-corrected chi connectivity index (χ1v) is 10.3. The number of methoxy groups -OCH3 is 2. The number of esters is 1. The van der Waals surface area contributed by atoms with Crippen LogP contribution in [0, 0.1) is 0 Å². The summed E-state index contributed by atoms with van der Waals surface area (Å²) in [4.78, 5) is 12.9. The van der Waals surface area contributed by atoms with Gasteiger partial charge in [0.2, 0.25) is 5.75 Å². The summed E-state index contributed by atoms with van der Waals surface area (Å²) in [6.07, 6.45) is 1.54. The van der Waals surface area contributed by atoms with Gasteiger partial charge in [0.25, 0.3) is 0 Å². The maximum atomic E-state index is 12.9. The highest BCUT2D eigenvalue weighted by molar-refractivity contribution is 5.91. The third-order valence-corrected chi connectivity index (χ3v) is 5.44. The van der Waals surface area contributed by atoms with Gasteiger partial charge in [-0.05, 0) is 44.5 Å². The van der Waals surface area contributed by atoms with Gasteiger partial charge in [-0.15, -0.1) is 0 Å². The predicted molar refractivity (Wildman–Crippen MR) is 118 cm³/mol. The van der Waals surface area contributed by atoms with Gasteiger partial charge in [-0.25, -0.2) is 4.79 Å². The highest BCUT2D eigenvalue weighted by Crippen LogP contribution is 2.39. The van der Waals surface area contributed by atoms with Crippen LogP contribution in [0.15, 0.2) is 42.5 Å². The zero-order valence-electron chi connectivity index (χ0n) is 18.8. The van der Waals surface area contributed by atoms with Crippen LogP contribution in [0.1, 0.15) is 49.5 Å². The van der Waals surface area contributed by atoms with Crippen molar-refractivity contribution in [1.82, 2.24) is 5.32 Å². The van der Waals surface area contributed by atoms with Crippen molar-refractivity contribution in [1.29, 1.82) is 0 Å². The molecule has 2 unspecified atom stereocenters. The molecule has 0 saturated carbocycles. The summed E-state index contributed by atoms with van der Waals surface area (Å²) in [7, 11) is 4.94. The van der Waals surface area contributed by atoms with E-state index in [2.05, 4.69) is 12.2 Å². The standard InChI is InChI=1S/C24H33NO5/c1-7-17(3)30-21-15-18(14-20(27-5)22(21)28-6)23(26)29-16-24(8-2,25-4)19-12-10-9-11-13-19/h9-15,17,25H,7-8,16H2,1-6H3. The third kappa shape index (κ3) is 5.25. The molecule has 0 spiro atoms. The number of hydrogen-bond donors (Lipinski definition) is 1. The van der Waals surface area contributed by atoms with Crippen molar-refractivity contribution in [3.8, 4) is 17.2 Å². The largest absolute Gasteiger partial charge is 0.493 e. The van der Waals surface area contributed by atoms with Crippen molar-refractivity contribution in [3.05, 3.63) is 53.6 Å². The number of likely N-dealkylation sites (N-methyl/N-ethyl adjacent to an activating group) is 1. The third-order valence-electron chi connectivity index (χ3n) is 5.44. The Hall–Kier alpha value is -2.73. The van der Waals surface area contributed by atoms with Crippen molar-refractivity contribution in [2.75, 3.05) is 27.9 Å². The minimum atomic E-state index is -0.469. The molecule has 0 heterocycles. The van der Waals surface area contributed by atoms with Crippen molar-refractivity contribution in [3.63, 3.8) is 0 Å². The van der Waals surface area contributed by atoms with Gasteiger partial charge in [-0.3, -0.25) is 0 Å². The molecule has 0 saturated heterocycles. The molecule has 0 fully saturated rings. The predicted octanol–water partition coefficient (Wildman–Crippen LogP) is 4.56. The van der Waals surface area contributed by atoms with E-state index in [1.807, 2.05) is 51.2 Å². The molecule has 0 radical (unpaired) electrons. The van der Waals surface area contributed by atoms with Crippen molar-refractivity contribution < 1.29 is 23.7 Å². The summed E-state index contributed by atoms with van der Waals surface area (Å²) >= 11 is 0. The number of ether oxygens (including phenoxy) is 4. The lowest BCUT2D eigenvalue weighted by Gasteiger charge is -2.32. The van der Waals surface area contributed by atoms with E-state index in [9.17, 15) is 4.79 Å². The number of nitrogens with one attached hydrogen (secondary N) is 1. The second kappa shape index (κ2) is 10.9. The van der Waals surface area contributed by atoms with Gasteiger partial charge < -0.3 is 24.3 Å². The molecular weight excluding hydrogens is 382 g/mol. The topological polar surface area (TPSA) is 66.0 Å². The van der Waals surface area contributed by atoms with Crippen LogP contribution in [-0.2, 0) is 10.3 Å². The average molecular weight is 416 g/mol. The Balaban J connectivity index is 2.30. The molecule has 0 aliphatic heterocycles. The monoisotopic (exact) mass is 415 g/mol. The Bertz CT molecular complexity index is 818. The van der Waals surface area contributed by atoms with Crippen LogP contribution in [0.3, 0.4) is 0 Å². The fourth-order valence-electron chi connectivity index (χ4n) is 3.25. The Morgan fingerprint density at radius 3 is 2.27 bits per heavy atom. The van der Waals surface area contributed by atoms with Crippen LogP contribution in [0.4, 0.5) is 0 Å². The Labute approximate surface area is 179 Å². The Morgan fingerprint density at radius 1 is 1.07 bits per heavy atom. The van der Waals surface area contributed by atoms with Crippen LogP contribution < -0.4 is 19.5 Å². The molecule has 0 aromatic heterocycles. The molecule has 0 aliphatic carbocycles. The van der Waals surface area contributed by atoms with Crippen molar-refractivity contribution in [2.45, 2.75) is 45.3 Å². The first kappa shape index (κ1) is 23.5. The van der Waals surface area contributed by atoms with E-state index >= 15 is 0 Å². The molecule has 2 aromatic rings. The first-order valence-electron chi connectivity index (χ1n) is 10.3.